The summed E-state index contributed by atoms with van der Waals surface area (Å²) in [6, 6.07) is 7.69. The van der Waals surface area contributed by atoms with Gasteiger partial charge in [0, 0.05) is 30.2 Å². The number of amides is 1. The maximum atomic E-state index is 12.4. The SMILES string of the molecule is Nc1ccccc1CCC(=O)N1CCOC(c2nccs2)C1. The highest BCUT2D eigenvalue weighted by molar-refractivity contribution is 7.09. The number of nitrogens with two attached hydrogens (primary N) is 1. The average Bonchev–Trinajstić information content (AvgIpc) is 3.08. The second-order valence-corrected chi connectivity index (χ2v) is 6.19. The Morgan fingerprint density at radius 1 is 1.45 bits per heavy atom. The summed E-state index contributed by atoms with van der Waals surface area (Å²) in [5.74, 6) is 0.146. The monoisotopic (exact) mass is 317 g/mol. The van der Waals surface area contributed by atoms with Crippen LogP contribution in [0, 0.1) is 0 Å². The highest BCUT2D eigenvalue weighted by Crippen LogP contribution is 2.24. The number of aromatic nitrogens is 1. The molecule has 1 atom stereocenters. The van der Waals surface area contributed by atoms with Crippen LogP contribution in [0.3, 0.4) is 0 Å². The molecule has 0 saturated carbocycles. The van der Waals surface area contributed by atoms with E-state index in [-0.39, 0.29) is 12.0 Å². The summed E-state index contributed by atoms with van der Waals surface area (Å²) in [5.41, 5.74) is 7.70. The Balaban J connectivity index is 1.57. The van der Waals surface area contributed by atoms with Crippen LogP contribution in [0.1, 0.15) is 23.1 Å². The van der Waals surface area contributed by atoms with Crippen LogP contribution in [0.2, 0.25) is 0 Å². The lowest BCUT2D eigenvalue weighted by atomic mass is 10.1. The Bertz CT molecular complexity index is 630. The van der Waals surface area contributed by atoms with Gasteiger partial charge in [-0.25, -0.2) is 4.98 Å². The summed E-state index contributed by atoms with van der Waals surface area (Å²) >= 11 is 1.56. The van der Waals surface area contributed by atoms with Crippen LogP contribution < -0.4 is 5.73 Å². The third-order valence-corrected chi connectivity index (χ3v) is 4.68. The number of hydrogen-bond acceptors (Lipinski definition) is 5. The first-order valence-corrected chi connectivity index (χ1v) is 8.24. The van der Waals surface area contributed by atoms with Crippen molar-refractivity contribution in [3.63, 3.8) is 0 Å². The number of nitrogen functional groups attached to an aromatic ring is 1. The van der Waals surface area contributed by atoms with Crippen molar-refractivity contribution < 1.29 is 9.53 Å². The van der Waals surface area contributed by atoms with Gasteiger partial charge in [-0.15, -0.1) is 11.3 Å². The molecule has 2 N–H and O–H groups in total. The minimum absolute atomic E-state index is 0.0977. The predicted molar refractivity (Wildman–Crippen MR) is 86.6 cm³/mol. The minimum atomic E-state index is -0.0977. The topological polar surface area (TPSA) is 68.5 Å². The van der Waals surface area contributed by atoms with E-state index < -0.39 is 0 Å². The predicted octanol–water partition coefficient (Wildman–Crippen LogP) is 2.26. The van der Waals surface area contributed by atoms with Crippen molar-refractivity contribution >= 4 is 22.9 Å². The zero-order chi connectivity index (χ0) is 15.4. The highest BCUT2D eigenvalue weighted by Gasteiger charge is 2.26. The van der Waals surface area contributed by atoms with Crippen LogP contribution in [0.5, 0.6) is 0 Å². The second kappa shape index (κ2) is 6.89. The standard InChI is InChI=1S/C16H19N3O2S/c17-13-4-2-1-3-12(13)5-6-15(20)19-8-9-21-14(11-19)16-18-7-10-22-16/h1-4,7,10,14H,5-6,8-9,11,17H2. The molecule has 116 valence electrons. The van der Waals surface area contributed by atoms with Crippen molar-refractivity contribution in [2.24, 2.45) is 0 Å². The van der Waals surface area contributed by atoms with Crippen molar-refractivity contribution in [1.29, 1.82) is 0 Å². The molecule has 0 bridgehead atoms. The van der Waals surface area contributed by atoms with Crippen LogP contribution in [0.15, 0.2) is 35.8 Å². The molecule has 1 amide bonds. The third kappa shape index (κ3) is 3.45. The Labute approximate surface area is 133 Å². The smallest absolute Gasteiger partial charge is 0.223 e. The van der Waals surface area contributed by atoms with Crippen molar-refractivity contribution in [3.05, 3.63) is 46.4 Å². The zero-order valence-electron chi connectivity index (χ0n) is 12.3. The Kier molecular flexibility index (Phi) is 4.70. The molecule has 0 spiro atoms. The molecule has 1 aliphatic heterocycles. The molecule has 0 radical (unpaired) electrons. The summed E-state index contributed by atoms with van der Waals surface area (Å²) in [7, 11) is 0. The molecule has 1 aliphatic rings. The minimum Gasteiger partial charge on any atom is -0.399 e. The van der Waals surface area contributed by atoms with E-state index >= 15 is 0 Å². The van der Waals surface area contributed by atoms with Crippen molar-refractivity contribution in [2.45, 2.75) is 18.9 Å². The van der Waals surface area contributed by atoms with Gasteiger partial charge >= 0.3 is 0 Å². The van der Waals surface area contributed by atoms with E-state index in [9.17, 15) is 4.79 Å². The molecule has 1 aromatic heterocycles. The van der Waals surface area contributed by atoms with E-state index in [1.807, 2.05) is 34.5 Å². The first-order valence-electron chi connectivity index (χ1n) is 7.36. The number of hydrogen-bond donors (Lipinski definition) is 1. The van der Waals surface area contributed by atoms with Gasteiger partial charge in [-0.05, 0) is 18.1 Å². The number of morpholine rings is 1. The lowest BCUT2D eigenvalue weighted by Crippen LogP contribution is -2.42. The molecule has 3 rings (SSSR count). The molecular weight excluding hydrogens is 298 g/mol. The average molecular weight is 317 g/mol. The van der Waals surface area contributed by atoms with Crippen molar-refractivity contribution in [1.82, 2.24) is 9.88 Å². The van der Waals surface area contributed by atoms with E-state index in [0.29, 0.717) is 32.5 Å². The summed E-state index contributed by atoms with van der Waals surface area (Å²) < 4.78 is 5.72. The second-order valence-electron chi connectivity index (χ2n) is 5.27. The van der Waals surface area contributed by atoms with Crippen molar-refractivity contribution in [2.75, 3.05) is 25.4 Å². The van der Waals surface area contributed by atoms with Gasteiger partial charge in [0.25, 0.3) is 0 Å². The van der Waals surface area contributed by atoms with E-state index in [4.69, 9.17) is 10.5 Å². The first kappa shape index (κ1) is 15.0. The molecule has 1 aromatic carbocycles. The Morgan fingerprint density at radius 3 is 3.09 bits per heavy atom. The van der Waals surface area contributed by atoms with Gasteiger partial charge in [-0.3, -0.25) is 4.79 Å². The lowest BCUT2D eigenvalue weighted by Gasteiger charge is -2.32. The summed E-state index contributed by atoms with van der Waals surface area (Å²) in [4.78, 5) is 18.6. The number of nitrogens with zero attached hydrogens (tertiary/aromatic N) is 2. The van der Waals surface area contributed by atoms with Gasteiger partial charge in [0.15, 0.2) is 0 Å². The Hall–Kier alpha value is -1.92. The normalized spacial score (nSPS) is 18.4. The third-order valence-electron chi connectivity index (χ3n) is 3.81. The number of carbonyl (C=O) groups excluding carboxylic acids is 1. The molecule has 1 unspecified atom stereocenters. The molecule has 2 aromatic rings. The van der Waals surface area contributed by atoms with Crippen LogP contribution in [-0.4, -0.2) is 35.5 Å². The van der Waals surface area contributed by atoms with Crippen LogP contribution >= 0.6 is 11.3 Å². The number of thiazole rings is 1. The van der Waals surface area contributed by atoms with Gasteiger partial charge in [0.1, 0.15) is 11.1 Å². The highest BCUT2D eigenvalue weighted by atomic mass is 32.1. The lowest BCUT2D eigenvalue weighted by molar-refractivity contribution is -0.139. The number of aryl methyl sites for hydroxylation is 1. The maximum absolute atomic E-state index is 12.4. The Morgan fingerprint density at radius 2 is 2.32 bits per heavy atom. The van der Waals surface area contributed by atoms with Gasteiger partial charge in [-0.2, -0.15) is 0 Å². The van der Waals surface area contributed by atoms with E-state index in [1.54, 1.807) is 17.5 Å². The number of ether oxygens (including phenoxy) is 1. The fraction of sp³-hybridized carbons (Fsp3) is 0.375. The molecule has 5 nitrogen and oxygen atoms in total. The fourth-order valence-corrected chi connectivity index (χ4v) is 3.26. The van der Waals surface area contributed by atoms with Gasteiger partial charge < -0.3 is 15.4 Å². The number of rotatable bonds is 4. The zero-order valence-corrected chi connectivity index (χ0v) is 13.1. The van der Waals surface area contributed by atoms with E-state index in [2.05, 4.69) is 4.98 Å². The van der Waals surface area contributed by atoms with E-state index in [1.165, 1.54) is 0 Å². The van der Waals surface area contributed by atoms with E-state index in [0.717, 1.165) is 16.3 Å². The molecule has 0 aliphatic carbocycles. The van der Waals surface area contributed by atoms with Crippen molar-refractivity contribution in [3.8, 4) is 0 Å². The molecule has 1 fully saturated rings. The van der Waals surface area contributed by atoms with Gasteiger partial charge in [0.05, 0.1) is 13.2 Å². The van der Waals surface area contributed by atoms with Crippen LogP contribution in [0.25, 0.3) is 0 Å². The van der Waals surface area contributed by atoms with Crippen LogP contribution in [0.4, 0.5) is 5.69 Å². The maximum Gasteiger partial charge on any atom is 0.223 e. The molecule has 1 saturated heterocycles. The first-order chi connectivity index (χ1) is 10.7. The molecule has 6 heteroatoms. The largest absolute Gasteiger partial charge is 0.399 e. The van der Waals surface area contributed by atoms with Gasteiger partial charge in [0.2, 0.25) is 5.91 Å². The summed E-state index contributed by atoms with van der Waals surface area (Å²) in [6.45, 7) is 1.78. The molecule has 22 heavy (non-hydrogen) atoms. The number of carbonyl (C=O) groups is 1. The number of para-hydroxylation sites is 1. The van der Waals surface area contributed by atoms with Crippen LogP contribution in [-0.2, 0) is 16.0 Å². The summed E-state index contributed by atoms with van der Waals surface area (Å²) in [5, 5.41) is 2.86. The fourth-order valence-electron chi connectivity index (χ4n) is 2.58. The molecule has 2 heterocycles. The number of anilines is 1. The summed E-state index contributed by atoms with van der Waals surface area (Å²) in [6.07, 6.45) is 2.81. The quantitative estimate of drug-likeness (QED) is 0.878. The van der Waals surface area contributed by atoms with Gasteiger partial charge in [-0.1, -0.05) is 18.2 Å². The molecular formula is C16H19N3O2S. The number of benzene rings is 1.